The molecular formula is C73H141NO5. The Balaban J connectivity index is 3.34. The molecule has 0 aliphatic rings. The summed E-state index contributed by atoms with van der Waals surface area (Å²) in [6, 6.07) is -0.625. The van der Waals surface area contributed by atoms with Crippen LogP contribution in [0.25, 0.3) is 0 Å². The van der Waals surface area contributed by atoms with Crippen molar-refractivity contribution >= 4 is 11.9 Å². The Morgan fingerprint density at radius 1 is 0.342 bits per heavy atom. The molecule has 0 spiro atoms. The average molecular weight is 1110 g/mol. The van der Waals surface area contributed by atoms with E-state index in [0.29, 0.717) is 19.4 Å². The number of ether oxygens (including phenoxy) is 1. The minimum atomic E-state index is -0.842. The summed E-state index contributed by atoms with van der Waals surface area (Å²) >= 11 is 0. The third-order valence-corrected chi connectivity index (χ3v) is 17.0. The van der Waals surface area contributed by atoms with Gasteiger partial charge in [-0.15, -0.1) is 0 Å². The van der Waals surface area contributed by atoms with Crippen LogP contribution in [-0.4, -0.2) is 47.4 Å². The van der Waals surface area contributed by atoms with Crippen LogP contribution in [0.4, 0.5) is 0 Å². The number of carbonyl (C=O) groups is 2. The van der Waals surface area contributed by atoms with Gasteiger partial charge in [0.25, 0.3) is 0 Å². The molecule has 1 amide bonds. The number of carbonyl (C=O) groups excluding carboxylic acids is 2. The minimum absolute atomic E-state index is 0.0163. The number of nitrogens with one attached hydrogen (secondary N) is 1. The molecule has 2 unspecified atom stereocenters. The van der Waals surface area contributed by atoms with Crippen LogP contribution in [0.15, 0.2) is 24.3 Å². The van der Waals surface area contributed by atoms with Crippen molar-refractivity contribution in [1.82, 2.24) is 5.32 Å². The lowest BCUT2D eigenvalue weighted by atomic mass is 10.0. The number of aliphatic hydroxyl groups is 2. The Labute approximate surface area is 494 Å². The first-order chi connectivity index (χ1) is 39.0. The van der Waals surface area contributed by atoms with E-state index in [1.165, 1.54) is 334 Å². The summed E-state index contributed by atoms with van der Waals surface area (Å²) in [7, 11) is 0. The zero-order valence-corrected chi connectivity index (χ0v) is 53.6. The molecular weight excluding hydrogens is 971 g/mol. The SMILES string of the molecule is CCCCCCCCC/C=C\CCCCCCCCCC(=O)OCCCCCCCCCCCCCCCCCCCCCCCCCCCCCCC(=O)NC(CO)C(O)/C=C/CCCCCCCCCCCCCCCC. The van der Waals surface area contributed by atoms with E-state index in [0.717, 1.165) is 44.9 Å². The number of hydrogen-bond acceptors (Lipinski definition) is 5. The van der Waals surface area contributed by atoms with Crippen molar-refractivity contribution in [3.8, 4) is 0 Å². The van der Waals surface area contributed by atoms with E-state index < -0.39 is 12.1 Å². The molecule has 79 heavy (non-hydrogen) atoms. The maximum absolute atomic E-state index is 12.5. The average Bonchev–Trinajstić information content (AvgIpc) is 3.45. The molecule has 0 bridgehead atoms. The lowest BCUT2D eigenvalue weighted by molar-refractivity contribution is -0.143. The largest absolute Gasteiger partial charge is 0.466 e. The molecule has 0 heterocycles. The summed E-state index contributed by atoms with van der Waals surface area (Å²) in [6.45, 7) is 4.94. The molecule has 468 valence electrons. The Morgan fingerprint density at radius 3 is 0.899 bits per heavy atom. The highest BCUT2D eigenvalue weighted by molar-refractivity contribution is 5.76. The van der Waals surface area contributed by atoms with Gasteiger partial charge in [0.05, 0.1) is 25.4 Å². The first-order valence-corrected chi connectivity index (χ1v) is 36.1. The standard InChI is InChI=1S/C73H141NO5/c1-3-5-7-9-11-13-15-17-19-21-35-39-43-47-51-55-59-63-67-73(78)79-68-64-60-56-52-48-44-40-36-33-31-29-27-25-23-22-24-26-28-30-32-34-38-42-46-50-54-58-62-66-72(77)74-70(69-75)71(76)65-61-57-53-49-45-41-37-20-18-16-14-12-10-8-6-4-2/h19,21,61,65,70-71,75-76H,3-18,20,22-60,62-64,66-69H2,1-2H3,(H,74,77)/b21-19-,65-61+. The number of hydrogen-bond donors (Lipinski definition) is 3. The summed E-state index contributed by atoms with van der Waals surface area (Å²) in [6.07, 6.45) is 86.9. The van der Waals surface area contributed by atoms with Crippen LogP contribution in [0.2, 0.25) is 0 Å². The molecule has 0 aliphatic heterocycles. The number of allylic oxidation sites excluding steroid dienone is 3. The van der Waals surface area contributed by atoms with Gasteiger partial charge in [-0.1, -0.05) is 359 Å². The fourth-order valence-corrected chi connectivity index (χ4v) is 11.5. The van der Waals surface area contributed by atoms with Gasteiger partial charge in [0.2, 0.25) is 5.91 Å². The molecule has 6 heteroatoms. The van der Waals surface area contributed by atoms with Crippen LogP contribution in [0.1, 0.15) is 406 Å². The molecule has 0 saturated carbocycles. The van der Waals surface area contributed by atoms with Crippen LogP contribution in [0.3, 0.4) is 0 Å². The first kappa shape index (κ1) is 77.3. The van der Waals surface area contributed by atoms with Gasteiger partial charge in [-0.25, -0.2) is 0 Å². The highest BCUT2D eigenvalue weighted by atomic mass is 16.5. The van der Waals surface area contributed by atoms with Crippen molar-refractivity contribution < 1.29 is 24.5 Å². The van der Waals surface area contributed by atoms with Crippen LogP contribution >= 0.6 is 0 Å². The van der Waals surface area contributed by atoms with Gasteiger partial charge in [0, 0.05) is 12.8 Å². The van der Waals surface area contributed by atoms with Crippen molar-refractivity contribution in [2.45, 2.75) is 418 Å². The second kappa shape index (κ2) is 68.8. The Bertz CT molecular complexity index is 1230. The molecule has 0 fully saturated rings. The monoisotopic (exact) mass is 1110 g/mol. The van der Waals surface area contributed by atoms with E-state index in [9.17, 15) is 19.8 Å². The molecule has 0 rings (SSSR count). The minimum Gasteiger partial charge on any atom is -0.466 e. The summed E-state index contributed by atoms with van der Waals surface area (Å²) in [5.74, 6) is -0.0456. The van der Waals surface area contributed by atoms with Gasteiger partial charge in [0.15, 0.2) is 0 Å². The lowest BCUT2D eigenvalue weighted by Gasteiger charge is -2.20. The Hall–Kier alpha value is -1.66. The van der Waals surface area contributed by atoms with E-state index in [1.54, 1.807) is 6.08 Å². The van der Waals surface area contributed by atoms with Crippen LogP contribution in [0, 0.1) is 0 Å². The molecule has 0 aromatic heterocycles. The molecule has 0 aromatic rings. The number of aliphatic hydroxyl groups excluding tert-OH is 2. The fourth-order valence-electron chi connectivity index (χ4n) is 11.5. The van der Waals surface area contributed by atoms with Crippen LogP contribution in [-0.2, 0) is 14.3 Å². The second-order valence-electron chi connectivity index (χ2n) is 24.9. The number of rotatable bonds is 68. The van der Waals surface area contributed by atoms with Crippen molar-refractivity contribution in [2.24, 2.45) is 0 Å². The maximum Gasteiger partial charge on any atom is 0.305 e. The first-order valence-electron chi connectivity index (χ1n) is 36.1. The predicted molar refractivity (Wildman–Crippen MR) is 347 cm³/mol. The fraction of sp³-hybridized carbons (Fsp3) is 0.918. The van der Waals surface area contributed by atoms with Gasteiger partial charge >= 0.3 is 5.97 Å². The van der Waals surface area contributed by atoms with Crippen molar-refractivity contribution in [2.75, 3.05) is 13.2 Å². The number of unbranched alkanes of at least 4 members (excludes halogenated alkanes) is 55. The van der Waals surface area contributed by atoms with Crippen LogP contribution < -0.4 is 5.32 Å². The third kappa shape index (κ3) is 65.4. The summed E-state index contributed by atoms with van der Waals surface area (Å²) in [5.41, 5.74) is 0. The zero-order valence-electron chi connectivity index (χ0n) is 53.6. The highest BCUT2D eigenvalue weighted by Crippen LogP contribution is 2.19. The topological polar surface area (TPSA) is 95.9 Å². The maximum atomic E-state index is 12.5. The molecule has 0 radical (unpaired) electrons. The zero-order chi connectivity index (χ0) is 57.1. The van der Waals surface area contributed by atoms with E-state index in [-0.39, 0.29) is 18.5 Å². The quantitative estimate of drug-likeness (QED) is 0.0320. The molecule has 6 nitrogen and oxygen atoms in total. The van der Waals surface area contributed by atoms with Crippen molar-refractivity contribution in [3.05, 3.63) is 24.3 Å². The Morgan fingerprint density at radius 2 is 0.595 bits per heavy atom. The van der Waals surface area contributed by atoms with Crippen molar-refractivity contribution in [1.29, 1.82) is 0 Å². The van der Waals surface area contributed by atoms with E-state index in [4.69, 9.17) is 4.74 Å². The lowest BCUT2D eigenvalue weighted by Crippen LogP contribution is -2.45. The number of amides is 1. The molecule has 2 atom stereocenters. The molecule has 3 N–H and O–H groups in total. The predicted octanol–water partition coefficient (Wildman–Crippen LogP) is 23.3. The van der Waals surface area contributed by atoms with Gasteiger partial charge < -0.3 is 20.3 Å². The van der Waals surface area contributed by atoms with Gasteiger partial charge in [-0.05, 0) is 57.8 Å². The van der Waals surface area contributed by atoms with Crippen molar-refractivity contribution in [3.63, 3.8) is 0 Å². The third-order valence-electron chi connectivity index (χ3n) is 17.0. The van der Waals surface area contributed by atoms with E-state index in [1.807, 2.05) is 6.08 Å². The van der Waals surface area contributed by atoms with Gasteiger partial charge in [-0.3, -0.25) is 9.59 Å². The summed E-state index contributed by atoms with van der Waals surface area (Å²) < 4.78 is 5.51. The highest BCUT2D eigenvalue weighted by Gasteiger charge is 2.18. The number of esters is 1. The molecule has 0 saturated heterocycles. The van der Waals surface area contributed by atoms with Crippen LogP contribution in [0.5, 0.6) is 0 Å². The second-order valence-corrected chi connectivity index (χ2v) is 24.9. The summed E-state index contributed by atoms with van der Waals surface area (Å²) in [5, 5.41) is 23.2. The smallest absolute Gasteiger partial charge is 0.305 e. The van der Waals surface area contributed by atoms with Gasteiger partial charge in [0.1, 0.15) is 0 Å². The summed E-state index contributed by atoms with van der Waals surface area (Å²) in [4.78, 5) is 24.6. The molecule has 0 aliphatic carbocycles. The van der Waals surface area contributed by atoms with E-state index in [2.05, 4.69) is 31.3 Å². The van der Waals surface area contributed by atoms with E-state index >= 15 is 0 Å². The van der Waals surface area contributed by atoms with Gasteiger partial charge in [-0.2, -0.15) is 0 Å². The molecule has 0 aromatic carbocycles. The normalized spacial score (nSPS) is 12.6. The Kier molecular flexibility index (Phi) is 67.4.